The molecule has 0 aromatic heterocycles. The van der Waals surface area contributed by atoms with Crippen molar-refractivity contribution in [3.05, 3.63) is 12.7 Å². The van der Waals surface area contributed by atoms with Gasteiger partial charge < -0.3 is 5.11 Å². The Balaban J connectivity index is 1.63. The minimum Gasteiger partial charge on any atom is -0.390 e. The third kappa shape index (κ3) is 3.05. The summed E-state index contributed by atoms with van der Waals surface area (Å²) in [6, 6.07) is 0. The van der Waals surface area contributed by atoms with Gasteiger partial charge in [-0.1, -0.05) is 33.3 Å². The van der Waals surface area contributed by atoms with Crippen molar-refractivity contribution in [2.75, 3.05) is 0 Å². The highest BCUT2D eigenvalue weighted by Gasteiger charge is 2.59. The highest BCUT2D eigenvalue weighted by atomic mass is 16.3. The molecule has 2 nitrogen and oxygen atoms in total. The Morgan fingerprint density at radius 2 is 1.67 bits per heavy atom. The van der Waals surface area contributed by atoms with Crippen LogP contribution in [0.5, 0.6) is 0 Å². The van der Waals surface area contributed by atoms with E-state index in [-0.39, 0.29) is 11.3 Å². The fourth-order valence-electron chi connectivity index (χ4n) is 8.55. The summed E-state index contributed by atoms with van der Waals surface area (Å²) in [4.78, 5) is 12.6. The second kappa shape index (κ2) is 6.71. The normalized spacial score (nSPS) is 52.7. The third-order valence-electron chi connectivity index (χ3n) is 9.97. The van der Waals surface area contributed by atoms with Crippen LogP contribution in [0.4, 0.5) is 0 Å². The van der Waals surface area contributed by atoms with Gasteiger partial charge in [0.2, 0.25) is 0 Å². The van der Waals surface area contributed by atoms with Crippen LogP contribution < -0.4 is 0 Å². The Kier molecular flexibility index (Phi) is 4.89. The van der Waals surface area contributed by atoms with Crippen molar-refractivity contribution < 1.29 is 9.90 Å². The van der Waals surface area contributed by atoms with Gasteiger partial charge in [-0.25, -0.2) is 0 Å². The molecule has 0 bridgehead atoms. The van der Waals surface area contributed by atoms with Crippen molar-refractivity contribution in [3.63, 3.8) is 0 Å². The number of carbonyl (C=O) groups excluding carboxylic acids is 1. The minimum absolute atomic E-state index is 0.185. The first-order valence-corrected chi connectivity index (χ1v) is 11.6. The molecule has 4 fully saturated rings. The van der Waals surface area contributed by atoms with Gasteiger partial charge in [0, 0.05) is 5.92 Å². The number of fused-ring (bicyclic) bond motifs is 5. The number of ketones is 1. The lowest BCUT2D eigenvalue weighted by Gasteiger charge is -2.62. The van der Waals surface area contributed by atoms with Gasteiger partial charge in [-0.2, -0.15) is 0 Å². The molecule has 152 valence electrons. The molecule has 4 rings (SSSR count). The average Bonchev–Trinajstić information content (AvgIpc) is 2.74. The molecule has 0 heterocycles. The van der Waals surface area contributed by atoms with Crippen LogP contribution in [-0.2, 0) is 4.79 Å². The molecule has 0 saturated heterocycles. The van der Waals surface area contributed by atoms with E-state index in [0.29, 0.717) is 23.0 Å². The second-order valence-electron chi connectivity index (χ2n) is 11.3. The Morgan fingerprint density at radius 1 is 0.926 bits per heavy atom. The first-order chi connectivity index (χ1) is 12.7. The quantitative estimate of drug-likeness (QED) is 0.610. The molecule has 0 aromatic rings. The van der Waals surface area contributed by atoms with E-state index in [1.165, 1.54) is 51.4 Å². The van der Waals surface area contributed by atoms with Crippen LogP contribution in [-0.4, -0.2) is 16.5 Å². The fourth-order valence-corrected chi connectivity index (χ4v) is 8.55. The molecule has 4 saturated carbocycles. The highest BCUT2D eigenvalue weighted by molar-refractivity contribution is 5.91. The summed E-state index contributed by atoms with van der Waals surface area (Å²) >= 11 is 0. The molecule has 27 heavy (non-hydrogen) atoms. The van der Waals surface area contributed by atoms with Gasteiger partial charge in [-0.15, -0.1) is 0 Å². The number of allylic oxidation sites excluding steroid dienone is 1. The van der Waals surface area contributed by atoms with Crippen LogP contribution in [0.25, 0.3) is 0 Å². The van der Waals surface area contributed by atoms with Crippen molar-refractivity contribution in [1.82, 2.24) is 0 Å². The lowest BCUT2D eigenvalue weighted by molar-refractivity contribution is -0.150. The molecule has 0 aliphatic heterocycles. The summed E-state index contributed by atoms with van der Waals surface area (Å²) < 4.78 is 0. The molecule has 4 aliphatic carbocycles. The van der Waals surface area contributed by atoms with Gasteiger partial charge in [-0.05, 0) is 105 Å². The predicted octanol–water partition coefficient (Wildman–Crippen LogP) is 5.93. The van der Waals surface area contributed by atoms with E-state index in [1.54, 1.807) is 6.08 Å². The summed E-state index contributed by atoms with van der Waals surface area (Å²) in [5.41, 5.74) is 0.106. The molecule has 8 atom stereocenters. The summed E-state index contributed by atoms with van der Waals surface area (Å²) in [6.45, 7) is 10.9. The van der Waals surface area contributed by atoms with Crippen LogP contribution in [0, 0.1) is 40.4 Å². The number of aliphatic hydroxyl groups is 1. The van der Waals surface area contributed by atoms with E-state index >= 15 is 0 Å². The number of carbonyl (C=O) groups is 1. The molecule has 4 aliphatic rings. The van der Waals surface area contributed by atoms with Crippen LogP contribution >= 0.6 is 0 Å². The van der Waals surface area contributed by atoms with Crippen molar-refractivity contribution in [2.45, 2.75) is 97.0 Å². The van der Waals surface area contributed by atoms with Crippen molar-refractivity contribution >= 4 is 5.78 Å². The minimum atomic E-state index is -0.468. The molecule has 0 amide bonds. The van der Waals surface area contributed by atoms with Gasteiger partial charge in [0.05, 0.1) is 5.60 Å². The summed E-state index contributed by atoms with van der Waals surface area (Å²) in [7, 11) is 0. The van der Waals surface area contributed by atoms with Crippen LogP contribution in [0.3, 0.4) is 0 Å². The van der Waals surface area contributed by atoms with Crippen molar-refractivity contribution in [3.8, 4) is 0 Å². The smallest absolute Gasteiger partial charge is 0.158 e. The van der Waals surface area contributed by atoms with Crippen molar-refractivity contribution in [1.29, 1.82) is 0 Å². The predicted molar refractivity (Wildman–Crippen MR) is 110 cm³/mol. The van der Waals surface area contributed by atoms with Crippen LogP contribution in [0.15, 0.2) is 12.7 Å². The molecule has 0 radical (unpaired) electrons. The number of hydrogen-bond donors (Lipinski definition) is 1. The van der Waals surface area contributed by atoms with Gasteiger partial charge in [0.1, 0.15) is 0 Å². The maximum Gasteiger partial charge on any atom is 0.158 e. The first kappa shape index (κ1) is 19.7. The lowest BCUT2D eigenvalue weighted by Crippen LogP contribution is -2.56. The van der Waals surface area contributed by atoms with Crippen molar-refractivity contribution in [2.24, 2.45) is 40.4 Å². The molecule has 1 N–H and O–H groups in total. The zero-order chi connectivity index (χ0) is 19.4. The van der Waals surface area contributed by atoms with E-state index < -0.39 is 5.60 Å². The first-order valence-electron chi connectivity index (χ1n) is 11.6. The third-order valence-corrected chi connectivity index (χ3v) is 9.97. The van der Waals surface area contributed by atoms with E-state index in [4.69, 9.17) is 0 Å². The standard InChI is InChI=1S/C25H40O2/c1-5-22(26)21-9-6-8-19-18-11-10-17-16-23(2,27)13-7-14-24(17,3)20(18)12-15-25(19,21)4/h5,17-21,27H,1,6-16H2,2-4H3/t17-,18+,19+,20+,21-,23-,24+,25+/m1/s1. The zero-order valence-corrected chi connectivity index (χ0v) is 17.8. The highest BCUT2D eigenvalue weighted by Crippen LogP contribution is 2.66. The monoisotopic (exact) mass is 372 g/mol. The molecular weight excluding hydrogens is 332 g/mol. The van der Waals surface area contributed by atoms with E-state index in [0.717, 1.165) is 31.1 Å². The van der Waals surface area contributed by atoms with Gasteiger partial charge >= 0.3 is 0 Å². The molecule has 0 aromatic carbocycles. The lowest BCUT2D eigenvalue weighted by atomic mass is 9.42. The fraction of sp³-hybridized carbons (Fsp3) is 0.880. The number of rotatable bonds is 2. The van der Waals surface area contributed by atoms with Gasteiger partial charge in [-0.3, -0.25) is 4.79 Å². The van der Waals surface area contributed by atoms with E-state index in [1.807, 2.05) is 0 Å². The molecular formula is C25H40O2. The van der Waals surface area contributed by atoms with Crippen LogP contribution in [0.1, 0.15) is 91.4 Å². The maximum absolute atomic E-state index is 12.6. The second-order valence-corrected chi connectivity index (χ2v) is 11.3. The number of hydrogen-bond acceptors (Lipinski definition) is 2. The Hall–Kier alpha value is -0.630. The topological polar surface area (TPSA) is 37.3 Å². The largest absolute Gasteiger partial charge is 0.390 e. The summed E-state index contributed by atoms with van der Waals surface area (Å²) in [6.07, 6.45) is 14.7. The van der Waals surface area contributed by atoms with Gasteiger partial charge in [0.25, 0.3) is 0 Å². The van der Waals surface area contributed by atoms with E-state index in [9.17, 15) is 9.90 Å². The average molecular weight is 373 g/mol. The molecule has 2 heteroatoms. The SMILES string of the molecule is C=CC(=O)[C@H]1CCC[C@H]2[C@@H]3CC[C@@H]4C[C@](C)(O)CCC[C@]4(C)[C@H]3CC[C@]12C. The maximum atomic E-state index is 12.6. The Morgan fingerprint density at radius 3 is 2.41 bits per heavy atom. The zero-order valence-electron chi connectivity index (χ0n) is 17.8. The Bertz CT molecular complexity index is 607. The Labute approximate surface area is 166 Å². The molecule has 0 unspecified atom stereocenters. The summed E-state index contributed by atoms with van der Waals surface area (Å²) in [5.74, 6) is 3.46. The van der Waals surface area contributed by atoms with E-state index in [2.05, 4.69) is 27.4 Å². The summed E-state index contributed by atoms with van der Waals surface area (Å²) in [5, 5.41) is 10.8. The molecule has 0 spiro atoms. The van der Waals surface area contributed by atoms with Crippen LogP contribution in [0.2, 0.25) is 0 Å². The van der Waals surface area contributed by atoms with Gasteiger partial charge in [0.15, 0.2) is 5.78 Å².